The molecule has 0 saturated heterocycles. The van der Waals surface area contributed by atoms with E-state index in [0.717, 1.165) is 18.7 Å². The summed E-state index contributed by atoms with van der Waals surface area (Å²) in [6, 6.07) is 4.46. The highest BCUT2D eigenvalue weighted by Crippen LogP contribution is 2.38. The molecule has 0 saturated carbocycles. The molecule has 1 aromatic carbocycles. The first-order valence-corrected chi connectivity index (χ1v) is 8.93. The van der Waals surface area contributed by atoms with Crippen molar-refractivity contribution in [1.82, 2.24) is 25.5 Å². The van der Waals surface area contributed by atoms with Crippen LogP contribution in [0.2, 0.25) is 0 Å². The van der Waals surface area contributed by atoms with Crippen LogP contribution in [0, 0.1) is 5.82 Å². The molecule has 5 nitrogen and oxygen atoms in total. The van der Waals surface area contributed by atoms with Crippen LogP contribution in [0.25, 0.3) is 28.1 Å². The number of benzene rings is 1. The van der Waals surface area contributed by atoms with Crippen molar-refractivity contribution in [2.24, 2.45) is 0 Å². The molecule has 0 atom stereocenters. The summed E-state index contributed by atoms with van der Waals surface area (Å²) in [5, 5.41) is 10.2. The zero-order valence-electron chi connectivity index (χ0n) is 15.6. The van der Waals surface area contributed by atoms with Crippen LogP contribution in [0.5, 0.6) is 0 Å². The van der Waals surface area contributed by atoms with Gasteiger partial charge in [0.05, 0.1) is 28.2 Å². The van der Waals surface area contributed by atoms with Gasteiger partial charge in [0.2, 0.25) is 0 Å². The second-order valence-electron chi connectivity index (χ2n) is 6.32. The fraction of sp³-hybridized carbons (Fsp3) is 0.250. The maximum atomic E-state index is 13.7. The lowest BCUT2D eigenvalue weighted by molar-refractivity contribution is -0.139. The molecule has 3 rings (SSSR count). The highest BCUT2D eigenvalue weighted by molar-refractivity contribution is 5.87. The molecule has 0 radical (unpaired) electrons. The average Bonchev–Trinajstić information content (AvgIpc) is 3.13. The third kappa shape index (κ3) is 4.51. The molecule has 0 spiro atoms. The molecular formula is C20H19F4N5. The molecule has 0 aliphatic rings. The molecule has 0 amide bonds. The van der Waals surface area contributed by atoms with Gasteiger partial charge in [-0.05, 0) is 49.3 Å². The minimum atomic E-state index is -4.81. The van der Waals surface area contributed by atoms with Gasteiger partial charge in [0.1, 0.15) is 12.1 Å². The van der Waals surface area contributed by atoms with E-state index in [-0.39, 0.29) is 5.56 Å². The van der Waals surface area contributed by atoms with Gasteiger partial charge in [0.15, 0.2) is 0 Å². The van der Waals surface area contributed by atoms with E-state index in [4.69, 9.17) is 0 Å². The van der Waals surface area contributed by atoms with Gasteiger partial charge in [0, 0.05) is 11.8 Å². The monoisotopic (exact) mass is 405 g/mol. The second-order valence-corrected chi connectivity index (χ2v) is 6.32. The van der Waals surface area contributed by atoms with Crippen LogP contribution in [-0.2, 0) is 6.18 Å². The Morgan fingerprint density at radius 2 is 2.03 bits per heavy atom. The summed E-state index contributed by atoms with van der Waals surface area (Å²) < 4.78 is 53.2. The molecule has 0 aliphatic heterocycles. The quantitative estimate of drug-likeness (QED) is 0.442. The topological polar surface area (TPSA) is 66.5 Å². The van der Waals surface area contributed by atoms with Gasteiger partial charge in [-0.2, -0.15) is 18.3 Å². The summed E-state index contributed by atoms with van der Waals surface area (Å²) in [4.78, 5) is 8.09. The van der Waals surface area contributed by atoms with Gasteiger partial charge < -0.3 is 5.32 Å². The summed E-state index contributed by atoms with van der Waals surface area (Å²) in [7, 11) is 0. The van der Waals surface area contributed by atoms with E-state index in [9.17, 15) is 17.6 Å². The van der Waals surface area contributed by atoms with E-state index in [1.54, 1.807) is 6.07 Å². The lowest BCUT2D eigenvalue weighted by Crippen LogP contribution is -2.14. The molecular weight excluding hydrogens is 386 g/mol. The van der Waals surface area contributed by atoms with Crippen LogP contribution in [0.1, 0.15) is 24.6 Å². The zero-order valence-corrected chi connectivity index (χ0v) is 15.6. The minimum Gasteiger partial charge on any atom is -0.317 e. The molecule has 9 heteroatoms. The Hall–Kier alpha value is -3.07. The first-order chi connectivity index (χ1) is 13.8. The Balaban J connectivity index is 2.12. The molecule has 3 aromatic rings. The van der Waals surface area contributed by atoms with Gasteiger partial charge in [-0.15, -0.1) is 0 Å². The highest BCUT2D eigenvalue weighted by Gasteiger charge is 2.34. The minimum absolute atomic E-state index is 0.144. The molecule has 152 valence electrons. The zero-order chi connectivity index (χ0) is 21.0. The normalized spacial score (nSPS) is 11.6. The molecule has 29 heavy (non-hydrogen) atoms. The maximum Gasteiger partial charge on any atom is 0.419 e. The smallest absolute Gasteiger partial charge is 0.317 e. The van der Waals surface area contributed by atoms with Crippen LogP contribution in [0.3, 0.4) is 0 Å². The van der Waals surface area contributed by atoms with Crippen molar-refractivity contribution >= 4 is 5.57 Å². The lowest BCUT2D eigenvalue weighted by atomic mass is 9.97. The van der Waals surface area contributed by atoms with Gasteiger partial charge in [0.25, 0.3) is 0 Å². The average molecular weight is 405 g/mol. The summed E-state index contributed by atoms with van der Waals surface area (Å²) in [6.45, 7) is 7.51. The fourth-order valence-corrected chi connectivity index (χ4v) is 2.93. The maximum absolute atomic E-state index is 13.7. The number of aromatic nitrogens is 4. The van der Waals surface area contributed by atoms with Crippen molar-refractivity contribution in [3.63, 3.8) is 0 Å². The molecule has 2 N–H and O–H groups in total. The van der Waals surface area contributed by atoms with E-state index < -0.39 is 17.6 Å². The number of H-pyrrole nitrogens is 1. The van der Waals surface area contributed by atoms with E-state index in [1.165, 1.54) is 18.6 Å². The Morgan fingerprint density at radius 1 is 1.24 bits per heavy atom. The van der Waals surface area contributed by atoms with Crippen molar-refractivity contribution in [2.75, 3.05) is 13.1 Å². The van der Waals surface area contributed by atoms with Crippen molar-refractivity contribution in [2.45, 2.75) is 19.5 Å². The fourth-order valence-electron chi connectivity index (χ4n) is 2.93. The Kier molecular flexibility index (Phi) is 6.07. The number of rotatable bonds is 7. The van der Waals surface area contributed by atoms with Gasteiger partial charge in [-0.25, -0.2) is 14.4 Å². The summed E-state index contributed by atoms with van der Waals surface area (Å²) >= 11 is 0. The van der Waals surface area contributed by atoms with Gasteiger partial charge in [-0.3, -0.25) is 5.10 Å². The molecule has 0 bridgehead atoms. The number of hydrogen-bond donors (Lipinski definition) is 2. The predicted octanol–water partition coefficient (Wildman–Crippen LogP) is 4.70. The van der Waals surface area contributed by atoms with Gasteiger partial charge in [-0.1, -0.05) is 13.5 Å². The van der Waals surface area contributed by atoms with E-state index in [1.807, 2.05) is 6.92 Å². The molecule has 2 aromatic heterocycles. The van der Waals surface area contributed by atoms with Crippen LogP contribution in [0.15, 0.2) is 43.4 Å². The number of halogens is 4. The van der Waals surface area contributed by atoms with Crippen LogP contribution in [-0.4, -0.2) is 33.3 Å². The highest BCUT2D eigenvalue weighted by atomic mass is 19.4. The van der Waals surface area contributed by atoms with E-state index in [2.05, 4.69) is 32.1 Å². The van der Waals surface area contributed by atoms with Gasteiger partial charge >= 0.3 is 6.18 Å². The van der Waals surface area contributed by atoms with Crippen molar-refractivity contribution in [3.05, 3.63) is 60.4 Å². The van der Waals surface area contributed by atoms with Crippen molar-refractivity contribution in [1.29, 1.82) is 0 Å². The SMILES string of the molecule is C=C(CCNCC)c1n[nH]c(-c2ccc(F)c(C(F)(F)F)c2)c1-c1ccncn1. The number of aromatic amines is 1. The summed E-state index contributed by atoms with van der Waals surface area (Å²) in [6.07, 6.45) is -1.36. The molecule has 0 fully saturated rings. The van der Waals surface area contributed by atoms with Crippen molar-refractivity contribution in [3.8, 4) is 22.5 Å². The summed E-state index contributed by atoms with van der Waals surface area (Å²) in [5.74, 6) is -1.33. The largest absolute Gasteiger partial charge is 0.419 e. The third-order valence-corrected chi connectivity index (χ3v) is 4.35. The number of nitrogens with zero attached hydrogens (tertiary/aromatic N) is 3. The van der Waals surface area contributed by atoms with E-state index >= 15 is 0 Å². The predicted molar refractivity (Wildman–Crippen MR) is 102 cm³/mol. The first-order valence-electron chi connectivity index (χ1n) is 8.93. The van der Waals surface area contributed by atoms with Crippen LogP contribution < -0.4 is 5.32 Å². The summed E-state index contributed by atoms with van der Waals surface area (Å²) in [5.41, 5.74) is 1.26. The molecule has 2 heterocycles. The molecule has 0 aliphatic carbocycles. The van der Waals surface area contributed by atoms with E-state index in [0.29, 0.717) is 41.2 Å². The number of nitrogens with one attached hydrogen (secondary N) is 2. The second kappa shape index (κ2) is 8.52. The lowest BCUT2D eigenvalue weighted by Gasteiger charge is -2.11. The molecule has 0 unspecified atom stereocenters. The van der Waals surface area contributed by atoms with Crippen LogP contribution in [0.4, 0.5) is 17.6 Å². The standard InChI is InChI=1S/C20H19F4N5/c1-3-25-8-6-12(2)18-17(16-7-9-26-11-27-16)19(29-28-18)13-4-5-15(21)14(10-13)20(22,23)24/h4-5,7,9-11,25H,2-3,6,8H2,1H3,(H,28,29). The number of alkyl halides is 3. The Labute approximate surface area is 164 Å². The Morgan fingerprint density at radius 3 is 2.69 bits per heavy atom. The van der Waals surface area contributed by atoms with Crippen molar-refractivity contribution < 1.29 is 17.6 Å². The van der Waals surface area contributed by atoms with Crippen LogP contribution >= 0.6 is 0 Å². The first kappa shape index (κ1) is 20.7. The Bertz CT molecular complexity index is 996. The number of hydrogen-bond acceptors (Lipinski definition) is 4. The third-order valence-electron chi connectivity index (χ3n) is 4.35.